The lowest BCUT2D eigenvalue weighted by Crippen LogP contribution is -2.17. The summed E-state index contributed by atoms with van der Waals surface area (Å²) in [5.74, 6) is -0.117. The van der Waals surface area contributed by atoms with Gasteiger partial charge in [-0.25, -0.2) is 22.0 Å². The predicted octanol–water partition coefficient (Wildman–Crippen LogP) is 1.92. The number of benzene rings is 2. The van der Waals surface area contributed by atoms with Crippen LogP contribution in [0.4, 0.5) is 17.1 Å². The predicted molar refractivity (Wildman–Crippen MR) is 115 cm³/mol. The van der Waals surface area contributed by atoms with E-state index >= 15 is 0 Å². The van der Waals surface area contributed by atoms with Crippen LogP contribution in [0.5, 0.6) is 5.75 Å². The lowest BCUT2D eigenvalue weighted by molar-refractivity contribution is -0.114. The Hall–Kier alpha value is -2.83. The van der Waals surface area contributed by atoms with Gasteiger partial charge in [-0.05, 0) is 42.8 Å². The molecule has 0 heterocycles. The van der Waals surface area contributed by atoms with E-state index < -0.39 is 26.0 Å². The van der Waals surface area contributed by atoms with Gasteiger partial charge in [0, 0.05) is 13.5 Å². The number of amides is 1. The summed E-state index contributed by atoms with van der Waals surface area (Å²) in [4.78, 5) is 11.0. The molecule has 0 fully saturated rings. The summed E-state index contributed by atoms with van der Waals surface area (Å²) in [6.07, 6.45) is 0.766. The molecule has 1 amide bonds. The van der Waals surface area contributed by atoms with Crippen LogP contribution < -0.4 is 25.2 Å². The van der Waals surface area contributed by atoms with Crippen molar-refractivity contribution < 1.29 is 26.4 Å². The zero-order chi connectivity index (χ0) is 22.5. The normalized spacial score (nSPS) is 11.6. The number of carbonyl (C=O) groups excluding carboxylic acids is 1. The number of nitrogens with one attached hydrogen (secondary N) is 3. The highest BCUT2D eigenvalue weighted by Gasteiger charge is 2.20. The van der Waals surface area contributed by atoms with Gasteiger partial charge in [-0.1, -0.05) is 6.92 Å². The van der Waals surface area contributed by atoms with Crippen LogP contribution in [-0.2, 0) is 24.8 Å². The van der Waals surface area contributed by atoms with Gasteiger partial charge in [0.05, 0.1) is 34.0 Å². The molecule has 12 heteroatoms. The molecule has 164 valence electrons. The van der Waals surface area contributed by atoms with Gasteiger partial charge in [0.1, 0.15) is 5.75 Å². The highest BCUT2D eigenvalue weighted by Crippen LogP contribution is 2.31. The van der Waals surface area contributed by atoms with E-state index in [0.717, 1.165) is 12.5 Å². The molecule has 10 nitrogen and oxygen atoms in total. The maximum absolute atomic E-state index is 13.0. The first-order valence-electron chi connectivity index (χ1n) is 8.87. The highest BCUT2D eigenvalue weighted by atomic mass is 32.2. The fourth-order valence-electron chi connectivity index (χ4n) is 2.54. The molecule has 2 rings (SSSR count). The zero-order valence-corrected chi connectivity index (χ0v) is 18.4. The van der Waals surface area contributed by atoms with Crippen LogP contribution in [0.2, 0.25) is 0 Å². The van der Waals surface area contributed by atoms with Crippen LogP contribution in [0.1, 0.15) is 20.3 Å². The lowest BCUT2D eigenvalue weighted by Gasteiger charge is -2.16. The van der Waals surface area contributed by atoms with E-state index in [-0.39, 0.29) is 26.9 Å². The molecular weight excluding hydrogens is 432 g/mol. The van der Waals surface area contributed by atoms with Crippen molar-refractivity contribution >= 4 is 43.0 Å². The van der Waals surface area contributed by atoms with Gasteiger partial charge < -0.3 is 15.4 Å². The smallest absolute Gasteiger partial charge is 0.262 e. The van der Waals surface area contributed by atoms with Crippen molar-refractivity contribution in [1.29, 1.82) is 0 Å². The van der Waals surface area contributed by atoms with Crippen molar-refractivity contribution in [2.75, 3.05) is 29.0 Å². The number of sulfonamides is 2. The molecule has 0 aliphatic rings. The second-order valence-corrected chi connectivity index (χ2v) is 9.57. The van der Waals surface area contributed by atoms with Crippen LogP contribution >= 0.6 is 0 Å². The molecule has 0 atom stereocenters. The van der Waals surface area contributed by atoms with Gasteiger partial charge in [0.2, 0.25) is 15.9 Å². The molecule has 30 heavy (non-hydrogen) atoms. The Balaban J connectivity index is 2.50. The van der Waals surface area contributed by atoms with Crippen LogP contribution in [0.3, 0.4) is 0 Å². The van der Waals surface area contributed by atoms with E-state index in [1.54, 1.807) is 0 Å². The third-order valence-corrected chi connectivity index (χ3v) is 6.20. The second-order valence-electron chi connectivity index (χ2n) is 6.33. The zero-order valence-electron chi connectivity index (χ0n) is 16.7. The monoisotopic (exact) mass is 456 g/mol. The fourth-order valence-corrected chi connectivity index (χ4v) is 4.18. The maximum Gasteiger partial charge on any atom is 0.262 e. The number of hydrogen-bond donors (Lipinski definition) is 4. The molecule has 0 bridgehead atoms. The van der Waals surface area contributed by atoms with Gasteiger partial charge in [-0.2, -0.15) is 0 Å². The number of primary sulfonamides is 1. The van der Waals surface area contributed by atoms with Crippen LogP contribution in [0.25, 0.3) is 0 Å². The van der Waals surface area contributed by atoms with Crippen molar-refractivity contribution in [2.24, 2.45) is 5.14 Å². The summed E-state index contributed by atoms with van der Waals surface area (Å²) in [7, 11) is -6.79. The summed E-state index contributed by atoms with van der Waals surface area (Å²) in [6.45, 7) is 3.75. The summed E-state index contributed by atoms with van der Waals surface area (Å²) in [6, 6.07) is 7.80. The Morgan fingerprint density at radius 1 is 1.00 bits per heavy atom. The van der Waals surface area contributed by atoms with Crippen molar-refractivity contribution in [3.05, 3.63) is 36.4 Å². The first-order valence-corrected chi connectivity index (χ1v) is 11.9. The molecule has 2 aromatic carbocycles. The Kier molecular flexibility index (Phi) is 7.29. The largest absolute Gasteiger partial charge is 0.495 e. The van der Waals surface area contributed by atoms with Gasteiger partial charge >= 0.3 is 0 Å². The first kappa shape index (κ1) is 23.4. The molecule has 0 saturated heterocycles. The number of ether oxygens (including phenoxy) is 1. The van der Waals surface area contributed by atoms with E-state index in [2.05, 4.69) is 15.4 Å². The van der Waals surface area contributed by atoms with Crippen LogP contribution in [0, 0.1) is 0 Å². The topological polar surface area (TPSA) is 157 Å². The van der Waals surface area contributed by atoms with Crippen molar-refractivity contribution in [3.63, 3.8) is 0 Å². The quantitative estimate of drug-likeness (QED) is 0.449. The summed E-state index contributed by atoms with van der Waals surface area (Å²) < 4.78 is 56.8. The highest BCUT2D eigenvalue weighted by molar-refractivity contribution is 7.92. The van der Waals surface area contributed by atoms with Gasteiger partial charge in [-0.15, -0.1) is 0 Å². The molecule has 5 N–H and O–H groups in total. The van der Waals surface area contributed by atoms with Crippen molar-refractivity contribution in [1.82, 2.24) is 0 Å². The maximum atomic E-state index is 13.0. The minimum atomic E-state index is -4.14. The van der Waals surface area contributed by atoms with Crippen molar-refractivity contribution in [3.8, 4) is 5.75 Å². The van der Waals surface area contributed by atoms with Gasteiger partial charge in [0.15, 0.2) is 0 Å². The Bertz CT molecular complexity index is 1150. The van der Waals surface area contributed by atoms with Crippen LogP contribution in [-0.4, -0.2) is 36.4 Å². The number of rotatable bonds is 9. The third-order valence-electron chi connectivity index (χ3n) is 3.92. The van der Waals surface area contributed by atoms with E-state index in [1.807, 2.05) is 6.92 Å². The number of carbonyl (C=O) groups is 1. The number of hydrogen-bond acceptors (Lipinski definition) is 7. The third kappa shape index (κ3) is 5.84. The average molecular weight is 457 g/mol. The molecule has 0 saturated carbocycles. The summed E-state index contributed by atoms with van der Waals surface area (Å²) in [5, 5.41) is 10.7. The summed E-state index contributed by atoms with van der Waals surface area (Å²) >= 11 is 0. The van der Waals surface area contributed by atoms with Crippen molar-refractivity contribution in [2.45, 2.75) is 30.1 Å². The first-order chi connectivity index (χ1) is 14.0. The Morgan fingerprint density at radius 3 is 2.20 bits per heavy atom. The minimum Gasteiger partial charge on any atom is -0.495 e. The van der Waals surface area contributed by atoms with Gasteiger partial charge in [-0.3, -0.25) is 9.52 Å². The molecule has 0 spiro atoms. The van der Waals surface area contributed by atoms with E-state index in [4.69, 9.17) is 9.88 Å². The van der Waals surface area contributed by atoms with Gasteiger partial charge in [0.25, 0.3) is 10.0 Å². The second kappa shape index (κ2) is 9.32. The molecule has 0 unspecified atom stereocenters. The molecule has 0 radical (unpaired) electrons. The van der Waals surface area contributed by atoms with E-state index in [1.165, 1.54) is 44.4 Å². The number of anilines is 3. The van der Waals surface area contributed by atoms with E-state index in [0.29, 0.717) is 12.2 Å². The molecule has 0 aliphatic heterocycles. The van der Waals surface area contributed by atoms with E-state index in [9.17, 15) is 21.6 Å². The molecule has 0 aromatic heterocycles. The SMILES string of the molecule is CCCNc1ccc(S(N)(=O)=O)cc1NS(=O)(=O)c1ccc(OC)c(NC(C)=O)c1. The standard InChI is InChI=1S/C18H24N4O6S2/c1-4-9-20-15-7-5-13(29(19,24)25)10-16(15)22-30(26,27)14-6-8-18(28-3)17(11-14)21-12(2)23/h5-8,10-11,20,22H,4,9H2,1-3H3,(H,21,23)(H2,19,24,25). The number of methoxy groups -OCH3 is 1. The molecular formula is C18H24N4O6S2. The Morgan fingerprint density at radius 2 is 1.63 bits per heavy atom. The van der Waals surface area contributed by atoms with Crippen LogP contribution in [0.15, 0.2) is 46.2 Å². The average Bonchev–Trinajstić information content (AvgIpc) is 2.65. The molecule has 0 aliphatic carbocycles. The molecule has 2 aromatic rings. The lowest BCUT2D eigenvalue weighted by atomic mass is 10.2. The number of nitrogens with two attached hydrogens (primary N) is 1. The Labute approximate surface area is 175 Å². The minimum absolute atomic E-state index is 0.0203. The summed E-state index contributed by atoms with van der Waals surface area (Å²) in [5.41, 5.74) is 0.589. The fraction of sp³-hybridized carbons (Fsp3) is 0.278.